The average Bonchev–Trinajstić information content (AvgIpc) is 2.95. The lowest BCUT2D eigenvalue weighted by atomic mass is 9.97. The lowest BCUT2D eigenvalue weighted by Crippen LogP contribution is -2.25. The van der Waals surface area contributed by atoms with Gasteiger partial charge in [-0.1, -0.05) is 6.07 Å². The lowest BCUT2D eigenvalue weighted by Gasteiger charge is -2.11. The molecule has 3 rings (SSSR count). The van der Waals surface area contributed by atoms with Crippen LogP contribution >= 0.6 is 0 Å². The van der Waals surface area contributed by atoms with Crippen molar-refractivity contribution in [2.75, 3.05) is 6.61 Å². The predicted octanol–water partition coefficient (Wildman–Crippen LogP) is 2.32. The van der Waals surface area contributed by atoms with E-state index in [1.807, 2.05) is 0 Å². The Labute approximate surface area is 97.0 Å². The maximum Gasteiger partial charge on any atom is 0.586 e. The molecule has 0 radical (unpaired) electrons. The zero-order chi connectivity index (χ0) is 12.1. The monoisotopic (exact) mass is 242 g/mol. The molecule has 0 saturated heterocycles. The van der Waals surface area contributed by atoms with Gasteiger partial charge in [0, 0.05) is 6.61 Å². The van der Waals surface area contributed by atoms with Gasteiger partial charge in [0.1, 0.15) is 0 Å². The normalized spacial score (nSPS) is 22.5. The first kappa shape index (κ1) is 10.8. The molecular weight excluding hydrogens is 230 g/mol. The number of ether oxygens (including phenoxy) is 2. The smallest absolute Gasteiger partial charge is 0.396 e. The van der Waals surface area contributed by atoms with Crippen LogP contribution < -0.4 is 9.47 Å². The third-order valence-corrected chi connectivity index (χ3v) is 3.34. The maximum atomic E-state index is 12.8. The molecule has 0 amide bonds. The Hall–Kier alpha value is -1.36. The minimum Gasteiger partial charge on any atom is -0.396 e. The fourth-order valence-electron chi connectivity index (χ4n) is 2.10. The summed E-state index contributed by atoms with van der Waals surface area (Å²) in [5, 5.41) is 9.22. The summed E-state index contributed by atoms with van der Waals surface area (Å²) in [7, 11) is 0. The maximum absolute atomic E-state index is 12.8. The van der Waals surface area contributed by atoms with E-state index in [2.05, 4.69) is 9.47 Å². The number of aliphatic hydroxyl groups excluding tert-OH is 1. The first-order valence-electron chi connectivity index (χ1n) is 5.52. The predicted molar refractivity (Wildman–Crippen MR) is 55.1 cm³/mol. The summed E-state index contributed by atoms with van der Waals surface area (Å²) in [6.45, 7) is 0.137. The molecule has 1 aromatic carbocycles. The van der Waals surface area contributed by atoms with Gasteiger partial charge in [-0.2, -0.15) is 0 Å². The van der Waals surface area contributed by atoms with Crippen molar-refractivity contribution in [2.45, 2.75) is 25.6 Å². The molecule has 0 aromatic heterocycles. The lowest BCUT2D eigenvalue weighted by molar-refractivity contribution is -0.286. The van der Waals surface area contributed by atoms with Crippen LogP contribution in [0.3, 0.4) is 0 Å². The molecule has 2 aliphatic rings. The standard InChI is InChI=1S/C12H12F2O3/c13-12(14)16-9-2-1-8(5-10(9)17-12)6-11(7-15)3-4-11/h1-2,5,15H,3-4,6-7H2. The molecule has 5 heteroatoms. The van der Waals surface area contributed by atoms with Crippen LogP contribution in [-0.4, -0.2) is 18.0 Å². The van der Waals surface area contributed by atoms with E-state index >= 15 is 0 Å². The van der Waals surface area contributed by atoms with Gasteiger partial charge in [0.15, 0.2) is 11.5 Å². The number of halogens is 2. The highest BCUT2D eigenvalue weighted by molar-refractivity contribution is 5.45. The first-order chi connectivity index (χ1) is 8.02. The third kappa shape index (κ3) is 1.95. The molecule has 0 unspecified atom stereocenters. The van der Waals surface area contributed by atoms with Crippen LogP contribution in [0, 0.1) is 5.41 Å². The summed E-state index contributed by atoms with van der Waals surface area (Å²) < 4.78 is 34.3. The highest BCUT2D eigenvalue weighted by Crippen LogP contribution is 2.49. The quantitative estimate of drug-likeness (QED) is 0.884. The summed E-state index contributed by atoms with van der Waals surface area (Å²) in [4.78, 5) is 0. The molecule has 1 fully saturated rings. The molecule has 1 saturated carbocycles. The van der Waals surface area contributed by atoms with Crippen LogP contribution in [-0.2, 0) is 6.42 Å². The second-order valence-corrected chi connectivity index (χ2v) is 4.78. The van der Waals surface area contributed by atoms with Gasteiger partial charge in [0.2, 0.25) is 0 Å². The van der Waals surface area contributed by atoms with E-state index in [9.17, 15) is 13.9 Å². The number of rotatable bonds is 3. The minimum absolute atomic E-state index is 0.0454. The molecule has 0 bridgehead atoms. The fourth-order valence-corrected chi connectivity index (χ4v) is 2.10. The van der Waals surface area contributed by atoms with Crippen molar-refractivity contribution < 1.29 is 23.4 Å². The first-order valence-corrected chi connectivity index (χ1v) is 5.52. The number of hydrogen-bond acceptors (Lipinski definition) is 3. The molecule has 0 atom stereocenters. The van der Waals surface area contributed by atoms with Crippen molar-refractivity contribution in [2.24, 2.45) is 5.41 Å². The van der Waals surface area contributed by atoms with Crippen LogP contribution in [0.1, 0.15) is 18.4 Å². The van der Waals surface area contributed by atoms with Crippen molar-refractivity contribution in [1.82, 2.24) is 0 Å². The highest BCUT2D eigenvalue weighted by Gasteiger charge is 2.45. The van der Waals surface area contributed by atoms with E-state index in [1.54, 1.807) is 12.1 Å². The molecule has 3 nitrogen and oxygen atoms in total. The largest absolute Gasteiger partial charge is 0.586 e. The van der Waals surface area contributed by atoms with Gasteiger partial charge in [-0.05, 0) is 42.4 Å². The second kappa shape index (κ2) is 3.32. The van der Waals surface area contributed by atoms with Crippen molar-refractivity contribution in [3.63, 3.8) is 0 Å². The van der Waals surface area contributed by atoms with Gasteiger partial charge >= 0.3 is 6.29 Å². The molecular formula is C12H12F2O3. The molecule has 92 valence electrons. The van der Waals surface area contributed by atoms with E-state index in [-0.39, 0.29) is 23.5 Å². The topological polar surface area (TPSA) is 38.7 Å². The molecule has 1 aromatic rings. The zero-order valence-corrected chi connectivity index (χ0v) is 9.08. The summed E-state index contributed by atoms with van der Waals surface area (Å²) in [5.41, 5.74) is 0.840. The zero-order valence-electron chi connectivity index (χ0n) is 9.08. The molecule has 0 spiro atoms. The number of benzene rings is 1. The van der Waals surface area contributed by atoms with Crippen molar-refractivity contribution in [3.05, 3.63) is 23.8 Å². The minimum atomic E-state index is -3.56. The van der Waals surface area contributed by atoms with Crippen molar-refractivity contribution >= 4 is 0 Å². The van der Waals surface area contributed by atoms with Crippen LogP contribution in [0.4, 0.5) is 8.78 Å². The third-order valence-electron chi connectivity index (χ3n) is 3.34. The average molecular weight is 242 g/mol. The molecule has 1 aliphatic carbocycles. The highest BCUT2D eigenvalue weighted by atomic mass is 19.3. The van der Waals surface area contributed by atoms with E-state index in [4.69, 9.17) is 0 Å². The summed E-state index contributed by atoms with van der Waals surface area (Å²) in [6, 6.07) is 4.78. The van der Waals surface area contributed by atoms with E-state index < -0.39 is 6.29 Å². The number of hydrogen-bond donors (Lipinski definition) is 1. The van der Waals surface area contributed by atoms with Gasteiger partial charge in [0.25, 0.3) is 0 Å². The van der Waals surface area contributed by atoms with E-state index in [0.717, 1.165) is 18.4 Å². The van der Waals surface area contributed by atoms with Gasteiger partial charge in [-0.25, -0.2) is 0 Å². The molecule has 1 heterocycles. The Kier molecular flexibility index (Phi) is 2.10. The summed E-state index contributed by atoms with van der Waals surface area (Å²) >= 11 is 0. The summed E-state index contributed by atoms with van der Waals surface area (Å²) in [6.07, 6.45) is -0.914. The Morgan fingerprint density at radius 1 is 1.18 bits per heavy atom. The van der Waals surface area contributed by atoms with Crippen LogP contribution in [0.15, 0.2) is 18.2 Å². The van der Waals surface area contributed by atoms with E-state index in [1.165, 1.54) is 6.07 Å². The van der Waals surface area contributed by atoms with Crippen LogP contribution in [0.25, 0.3) is 0 Å². The van der Waals surface area contributed by atoms with E-state index in [0.29, 0.717) is 6.42 Å². The Bertz CT molecular complexity index is 455. The van der Waals surface area contributed by atoms with Gasteiger partial charge < -0.3 is 14.6 Å². The fraction of sp³-hybridized carbons (Fsp3) is 0.500. The van der Waals surface area contributed by atoms with Crippen LogP contribution in [0.2, 0.25) is 0 Å². The summed E-state index contributed by atoms with van der Waals surface area (Å²) in [5.74, 6) is 0.133. The Morgan fingerprint density at radius 3 is 2.53 bits per heavy atom. The Balaban J connectivity index is 1.81. The second-order valence-electron chi connectivity index (χ2n) is 4.78. The number of aliphatic hydroxyl groups is 1. The van der Waals surface area contributed by atoms with Gasteiger partial charge in [-0.15, -0.1) is 8.78 Å². The Morgan fingerprint density at radius 2 is 1.88 bits per heavy atom. The SMILES string of the molecule is OCC1(Cc2ccc3c(c2)OC(F)(F)O3)CC1. The molecule has 1 N–H and O–H groups in total. The van der Waals surface area contributed by atoms with Crippen LogP contribution in [0.5, 0.6) is 11.5 Å². The number of alkyl halides is 2. The van der Waals surface area contributed by atoms with Crippen molar-refractivity contribution in [3.8, 4) is 11.5 Å². The molecule has 1 aliphatic heterocycles. The van der Waals surface area contributed by atoms with Crippen molar-refractivity contribution in [1.29, 1.82) is 0 Å². The molecule has 17 heavy (non-hydrogen) atoms. The van der Waals surface area contributed by atoms with Gasteiger partial charge in [-0.3, -0.25) is 0 Å². The van der Waals surface area contributed by atoms with Gasteiger partial charge in [0.05, 0.1) is 0 Å². The number of fused-ring (bicyclic) bond motifs is 1.